The van der Waals surface area contributed by atoms with E-state index in [0.29, 0.717) is 11.3 Å². The lowest BCUT2D eigenvalue weighted by atomic mass is 9.97. The van der Waals surface area contributed by atoms with Crippen molar-refractivity contribution in [2.45, 2.75) is 42.5 Å². The average molecular weight is 476 g/mol. The molecule has 8 heteroatoms. The number of fused-ring (bicyclic) bond motifs is 3. The molecule has 0 saturated carbocycles. The van der Waals surface area contributed by atoms with Crippen molar-refractivity contribution in [3.05, 3.63) is 70.9 Å². The number of hydrogen-bond donors (Lipinski definition) is 1. The van der Waals surface area contributed by atoms with Gasteiger partial charge in [0.15, 0.2) is 0 Å². The summed E-state index contributed by atoms with van der Waals surface area (Å²) in [7, 11) is 0. The summed E-state index contributed by atoms with van der Waals surface area (Å²) in [6, 6.07) is 14.3. The van der Waals surface area contributed by atoms with Crippen LogP contribution in [0.15, 0.2) is 64.8 Å². The lowest BCUT2D eigenvalue weighted by Crippen LogP contribution is -2.15. The van der Waals surface area contributed by atoms with Gasteiger partial charge >= 0.3 is 5.97 Å². The Kier molecular flexibility index (Phi) is 6.11. The van der Waals surface area contributed by atoms with Crippen molar-refractivity contribution in [2.75, 3.05) is 5.32 Å². The lowest BCUT2D eigenvalue weighted by molar-refractivity contribution is -0.131. The Morgan fingerprint density at radius 1 is 1.03 bits per heavy atom. The summed E-state index contributed by atoms with van der Waals surface area (Å²) in [5.74, 6) is -0.589. The smallest absolute Gasteiger partial charge is 0.308 e. The van der Waals surface area contributed by atoms with Crippen molar-refractivity contribution < 1.29 is 14.3 Å². The first-order valence-electron chi connectivity index (χ1n) is 10.7. The minimum absolute atomic E-state index is 0.232. The molecule has 4 aromatic rings. The number of nitrogens with one attached hydrogen (secondary N) is 1. The number of esters is 1. The van der Waals surface area contributed by atoms with Crippen LogP contribution in [0.1, 0.15) is 40.6 Å². The molecule has 33 heavy (non-hydrogen) atoms. The lowest BCUT2D eigenvalue weighted by Gasteiger charge is -2.14. The predicted octanol–water partition coefficient (Wildman–Crippen LogP) is 5.90. The molecule has 2 aromatic carbocycles. The molecule has 1 N–H and O–H groups in total. The number of benzene rings is 2. The number of carbonyl (C=O) groups excluding carboxylic acids is 2. The van der Waals surface area contributed by atoms with Crippen molar-refractivity contribution in [1.82, 2.24) is 9.97 Å². The van der Waals surface area contributed by atoms with Crippen LogP contribution in [0.5, 0.6) is 5.75 Å². The van der Waals surface area contributed by atoms with E-state index in [-0.39, 0.29) is 11.7 Å². The van der Waals surface area contributed by atoms with Crippen molar-refractivity contribution in [2.24, 2.45) is 0 Å². The monoisotopic (exact) mass is 475 g/mol. The quantitative estimate of drug-likeness (QED) is 0.220. The van der Waals surface area contributed by atoms with E-state index in [1.54, 1.807) is 41.9 Å². The summed E-state index contributed by atoms with van der Waals surface area (Å²) < 4.78 is 5.20. The zero-order valence-corrected chi connectivity index (χ0v) is 19.6. The second-order valence-electron chi connectivity index (χ2n) is 7.71. The molecule has 0 spiro atoms. The number of aryl methyl sites for hydroxylation is 2. The van der Waals surface area contributed by atoms with Gasteiger partial charge in [0.25, 0.3) is 5.91 Å². The maximum Gasteiger partial charge on any atom is 0.308 e. The third kappa shape index (κ3) is 4.49. The third-order valence-corrected chi connectivity index (χ3v) is 7.72. The summed E-state index contributed by atoms with van der Waals surface area (Å²) in [6.07, 6.45) is 6.19. The number of hydrogen-bond acceptors (Lipinski definition) is 7. The first kappa shape index (κ1) is 21.6. The van der Waals surface area contributed by atoms with E-state index >= 15 is 0 Å². The second kappa shape index (κ2) is 9.33. The molecule has 166 valence electrons. The molecule has 6 nitrogen and oxygen atoms in total. The molecule has 5 rings (SSSR count). The van der Waals surface area contributed by atoms with Gasteiger partial charge in [0.05, 0.1) is 11.3 Å². The molecule has 2 heterocycles. The molecule has 0 fully saturated rings. The molecule has 0 saturated heterocycles. The van der Waals surface area contributed by atoms with Gasteiger partial charge in [-0.3, -0.25) is 9.59 Å². The minimum atomic E-state index is -0.474. The Bertz CT molecular complexity index is 1370. The van der Waals surface area contributed by atoms with Crippen LogP contribution in [0.4, 0.5) is 5.69 Å². The fraction of sp³-hybridized carbons (Fsp3) is 0.200. The van der Waals surface area contributed by atoms with Crippen molar-refractivity contribution >= 4 is 50.9 Å². The molecule has 2 aromatic heterocycles. The number of para-hydroxylation sites is 2. The number of ether oxygens (including phenoxy) is 1. The van der Waals surface area contributed by atoms with Crippen LogP contribution in [0.3, 0.4) is 0 Å². The number of amides is 1. The summed E-state index contributed by atoms with van der Waals surface area (Å²) in [5, 5.41) is 5.02. The highest BCUT2D eigenvalue weighted by Gasteiger charge is 2.21. The van der Waals surface area contributed by atoms with Crippen LogP contribution in [0, 0.1) is 0 Å². The topological polar surface area (TPSA) is 81.2 Å². The number of aromatic nitrogens is 2. The standard InChI is InChI=1S/C25H21N3O3S2/c1-15(29)31-19-11-5-2-8-16(19)23(30)28-18-10-4-7-13-21(18)33-25-22-17-9-3-6-12-20(17)32-24(22)26-14-27-25/h2,4-5,7-8,10-11,13-14H,3,6,9,12H2,1H3,(H,28,30). The summed E-state index contributed by atoms with van der Waals surface area (Å²) >= 11 is 3.30. The predicted molar refractivity (Wildman–Crippen MR) is 130 cm³/mol. The third-order valence-electron chi connectivity index (χ3n) is 5.44. The normalized spacial score (nSPS) is 12.9. The van der Waals surface area contributed by atoms with Gasteiger partial charge in [0, 0.05) is 22.1 Å². The SMILES string of the molecule is CC(=O)Oc1ccccc1C(=O)Nc1ccccc1Sc1ncnc2sc3c(c12)CCCC3. The van der Waals surface area contributed by atoms with E-state index in [1.807, 2.05) is 24.3 Å². The fourth-order valence-electron chi connectivity index (χ4n) is 3.99. The Balaban J connectivity index is 1.46. The molecule has 0 bridgehead atoms. The van der Waals surface area contributed by atoms with Crippen LogP contribution in [0.2, 0.25) is 0 Å². The van der Waals surface area contributed by atoms with Crippen LogP contribution >= 0.6 is 23.1 Å². The highest BCUT2D eigenvalue weighted by atomic mass is 32.2. The first-order chi connectivity index (χ1) is 16.1. The van der Waals surface area contributed by atoms with E-state index < -0.39 is 5.97 Å². The van der Waals surface area contributed by atoms with Crippen molar-refractivity contribution in [1.29, 1.82) is 0 Å². The molecule has 0 aliphatic heterocycles. The average Bonchev–Trinajstić information content (AvgIpc) is 3.20. The number of nitrogens with zero attached hydrogens (tertiary/aromatic N) is 2. The molecule has 1 aliphatic rings. The highest BCUT2D eigenvalue weighted by Crippen LogP contribution is 2.42. The van der Waals surface area contributed by atoms with Crippen LogP contribution in [-0.2, 0) is 17.6 Å². The van der Waals surface area contributed by atoms with Crippen molar-refractivity contribution in [3.63, 3.8) is 0 Å². The van der Waals surface area contributed by atoms with Gasteiger partial charge in [-0.1, -0.05) is 36.0 Å². The zero-order valence-electron chi connectivity index (χ0n) is 18.0. The van der Waals surface area contributed by atoms with E-state index in [0.717, 1.165) is 33.0 Å². The van der Waals surface area contributed by atoms with E-state index in [1.165, 1.54) is 42.0 Å². The Morgan fingerprint density at radius 2 is 1.82 bits per heavy atom. The summed E-state index contributed by atoms with van der Waals surface area (Å²) in [4.78, 5) is 36.9. The van der Waals surface area contributed by atoms with Gasteiger partial charge in [-0.25, -0.2) is 9.97 Å². The maximum absolute atomic E-state index is 13.0. The second-order valence-corrected chi connectivity index (χ2v) is 9.83. The zero-order chi connectivity index (χ0) is 22.8. The number of rotatable bonds is 5. The van der Waals surface area contributed by atoms with E-state index in [4.69, 9.17) is 4.74 Å². The summed E-state index contributed by atoms with van der Waals surface area (Å²) in [6.45, 7) is 1.31. The van der Waals surface area contributed by atoms with Crippen LogP contribution in [-0.4, -0.2) is 21.8 Å². The van der Waals surface area contributed by atoms with Crippen LogP contribution in [0.25, 0.3) is 10.2 Å². The van der Waals surface area contributed by atoms with Gasteiger partial charge in [0.2, 0.25) is 0 Å². The molecular weight excluding hydrogens is 454 g/mol. The van der Waals surface area contributed by atoms with E-state index in [9.17, 15) is 9.59 Å². The first-order valence-corrected chi connectivity index (χ1v) is 12.3. The molecule has 1 aliphatic carbocycles. The molecular formula is C25H21N3O3S2. The van der Waals surface area contributed by atoms with Crippen molar-refractivity contribution in [3.8, 4) is 5.75 Å². The highest BCUT2D eigenvalue weighted by molar-refractivity contribution is 7.99. The van der Waals surface area contributed by atoms with Crippen LogP contribution < -0.4 is 10.1 Å². The fourth-order valence-corrected chi connectivity index (χ4v) is 6.29. The number of carbonyl (C=O) groups is 2. The van der Waals surface area contributed by atoms with Gasteiger partial charge in [-0.2, -0.15) is 0 Å². The maximum atomic E-state index is 13.0. The Labute approximate surface area is 199 Å². The molecule has 0 atom stereocenters. The van der Waals surface area contributed by atoms with Gasteiger partial charge in [-0.05, 0) is 55.5 Å². The minimum Gasteiger partial charge on any atom is -0.426 e. The molecule has 0 unspecified atom stereocenters. The van der Waals surface area contributed by atoms with Gasteiger partial charge < -0.3 is 10.1 Å². The van der Waals surface area contributed by atoms with E-state index in [2.05, 4.69) is 15.3 Å². The summed E-state index contributed by atoms with van der Waals surface area (Å²) in [5.41, 5.74) is 2.34. The number of anilines is 1. The number of thiophene rings is 1. The largest absolute Gasteiger partial charge is 0.426 e. The van der Waals surface area contributed by atoms with Gasteiger partial charge in [0.1, 0.15) is 21.9 Å². The molecule has 1 amide bonds. The molecule has 0 radical (unpaired) electrons. The Morgan fingerprint density at radius 3 is 2.70 bits per heavy atom. The Hall–Kier alpha value is -3.23. The van der Waals surface area contributed by atoms with Gasteiger partial charge in [-0.15, -0.1) is 11.3 Å².